The van der Waals surface area contributed by atoms with Crippen molar-refractivity contribution in [3.05, 3.63) is 18.2 Å². The third-order valence-corrected chi connectivity index (χ3v) is 3.37. The molecule has 0 aliphatic carbocycles. The highest BCUT2D eigenvalue weighted by molar-refractivity contribution is 4.91. The van der Waals surface area contributed by atoms with E-state index in [0.29, 0.717) is 6.10 Å². The van der Waals surface area contributed by atoms with E-state index in [0.717, 1.165) is 25.3 Å². The Bertz CT molecular complexity index is 359. The van der Waals surface area contributed by atoms with E-state index in [4.69, 9.17) is 4.74 Å². The molecule has 1 unspecified atom stereocenters. The average molecular weight is 237 g/mol. The van der Waals surface area contributed by atoms with Crippen LogP contribution in [0.25, 0.3) is 0 Å². The Morgan fingerprint density at radius 1 is 1.59 bits per heavy atom. The lowest BCUT2D eigenvalue weighted by atomic mass is 10.1. The Morgan fingerprint density at radius 3 is 3.00 bits per heavy atom. The van der Waals surface area contributed by atoms with Crippen molar-refractivity contribution >= 4 is 0 Å². The third-order valence-electron chi connectivity index (χ3n) is 3.37. The van der Waals surface area contributed by atoms with Gasteiger partial charge in [-0.3, -0.25) is 0 Å². The molecule has 1 aliphatic rings. The van der Waals surface area contributed by atoms with E-state index in [1.165, 1.54) is 12.8 Å². The molecule has 2 heterocycles. The minimum Gasteiger partial charge on any atom is -0.371 e. The van der Waals surface area contributed by atoms with Gasteiger partial charge in [-0.05, 0) is 26.7 Å². The molecule has 1 fully saturated rings. The zero-order chi connectivity index (χ0) is 12.3. The van der Waals surface area contributed by atoms with Gasteiger partial charge in [-0.15, -0.1) is 0 Å². The summed E-state index contributed by atoms with van der Waals surface area (Å²) in [6.45, 7) is 6.25. The number of imidazole rings is 1. The highest BCUT2D eigenvalue weighted by atomic mass is 16.5. The third kappa shape index (κ3) is 3.54. The van der Waals surface area contributed by atoms with E-state index in [1.54, 1.807) is 0 Å². The molecular weight excluding hydrogens is 214 g/mol. The smallest absolute Gasteiger partial charge is 0.109 e. The van der Waals surface area contributed by atoms with E-state index in [2.05, 4.69) is 28.7 Å². The van der Waals surface area contributed by atoms with Crippen LogP contribution in [-0.4, -0.2) is 34.3 Å². The SMILES string of the molecule is Cn1ccnc1CCNCC1CCC(C)(C)O1. The van der Waals surface area contributed by atoms with Crippen LogP contribution in [0.5, 0.6) is 0 Å². The summed E-state index contributed by atoms with van der Waals surface area (Å²) >= 11 is 0. The van der Waals surface area contributed by atoms with E-state index in [9.17, 15) is 0 Å². The van der Waals surface area contributed by atoms with Crippen molar-refractivity contribution in [2.45, 2.75) is 44.8 Å². The maximum absolute atomic E-state index is 5.93. The summed E-state index contributed by atoms with van der Waals surface area (Å²) in [6.07, 6.45) is 7.52. The van der Waals surface area contributed by atoms with Crippen molar-refractivity contribution in [1.82, 2.24) is 14.9 Å². The molecule has 0 radical (unpaired) electrons. The van der Waals surface area contributed by atoms with Crippen molar-refractivity contribution in [2.75, 3.05) is 13.1 Å². The van der Waals surface area contributed by atoms with Crippen LogP contribution in [0.4, 0.5) is 0 Å². The van der Waals surface area contributed by atoms with E-state index in [-0.39, 0.29) is 5.60 Å². The number of hydrogen-bond acceptors (Lipinski definition) is 3. The van der Waals surface area contributed by atoms with Gasteiger partial charge in [0.15, 0.2) is 0 Å². The Morgan fingerprint density at radius 2 is 2.41 bits per heavy atom. The lowest BCUT2D eigenvalue weighted by molar-refractivity contribution is -0.0140. The second-order valence-corrected chi connectivity index (χ2v) is 5.45. The highest BCUT2D eigenvalue weighted by Crippen LogP contribution is 2.28. The Kier molecular flexibility index (Phi) is 3.84. The van der Waals surface area contributed by atoms with Crippen LogP contribution in [0.1, 0.15) is 32.5 Å². The molecule has 1 aromatic rings. The second kappa shape index (κ2) is 5.19. The van der Waals surface area contributed by atoms with Crippen molar-refractivity contribution in [2.24, 2.45) is 7.05 Å². The van der Waals surface area contributed by atoms with Crippen molar-refractivity contribution in [3.8, 4) is 0 Å². The molecule has 1 aromatic heterocycles. The van der Waals surface area contributed by atoms with Crippen molar-refractivity contribution in [3.63, 3.8) is 0 Å². The van der Waals surface area contributed by atoms with Crippen molar-refractivity contribution < 1.29 is 4.74 Å². The van der Waals surface area contributed by atoms with E-state index >= 15 is 0 Å². The topological polar surface area (TPSA) is 39.1 Å². The summed E-state index contributed by atoms with van der Waals surface area (Å²) < 4.78 is 7.99. The average Bonchev–Trinajstić information content (AvgIpc) is 2.80. The summed E-state index contributed by atoms with van der Waals surface area (Å²) in [7, 11) is 2.03. The predicted octanol–water partition coefficient (Wildman–Crippen LogP) is 1.51. The van der Waals surface area contributed by atoms with Gasteiger partial charge in [-0.1, -0.05) is 0 Å². The number of rotatable bonds is 5. The van der Waals surface area contributed by atoms with Gasteiger partial charge >= 0.3 is 0 Å². The first-order valence-corrected chi connectivity index (χ1v) is 6.41. The fourth-order valence-corrected chi connectivity index (χ4v) is 2.32. The number of nitrogens with zero attached hydrogens (tertiary/aromatic N) is 2. The van der Waals surface area contributed by atoms with Gasteiger partial charge in [0.25, 0.3) is 0 Å². The van der Waals surface area contributed by atoms with Crippen LogP contribution in [0.3, 0.4) is 0 Å². The fourth-order valence-electron chi connectivity index (χ4n) is 2.32. The number of aryl methyl sites for hydroxylation is 1. The van der Waals surface area contributed by atoms with Gasteiger partial charge in [-0.25, -0.2) is 4.98 Å². The van der Waals surface area contributed by atoms with Gasteiger partial charge in [0.05, 0.1) is 11.7 Å². The molecular formula is C13H23N3O. The molecule has 4 heteroatoms. The molecule has 1 saturated heterocycles. The normalized spacial score (nSPS) is 23.1. The van der Waals surface area contributed by atoms with Crippen LogP contribution in [0.15, 0.2) is 12.4 Å². The summed E-state index contributed by atoms with van der Waals surface area (Å²) in [5, 5.41) is 3.45. The molecule has 17 heavy (non-hydrogen) atoms. The molecule has 0 amide bonds. The molecule has 1 aliphatic heterocycles. The maximum Gasteiger partial charge on any atom is 0.109 e. The Hall–Kier alpha value is -0.870. The lowest BCUT2D eigenvalue weighted by Gasteiger charge is -2.19. The van der Waals surface area contributed by atoms with Crippen LogP contribution >= 0.6 is 0 Å². The molecule has 2 rings (SSSR count). The molecule has 0 aromatic carbocycles. The molecule has 0 bridgehead atoms. The second-order valence-electron chi connectivity index (χ2n) is 5.45. The first kappa shape index (κ1) is 12.6. The fraction of sp³-hybridized carbons (Fsp3) is 0.769. The Labute approximate surface area is 103 Å². The van der Waals surface area contributed by atoms with E-state index < -0.39 is 0 Å². The minimum absolute atomic E-state index is 0.0754. The number of ether oxygens (including phenoxy) is 1. The number of hydrogen-bond donors (Lipinski definition) is 1. The first-order valence-electron chi connectivity index (χ1n) is 6.41. The summed E-state index contributed by atoms with van der Waals surface area (Å²) in [6, 6.07) is 0. The summed E-state index contributed by atoms with van der Waals surface area (Å²) in [4.78, 5) is 4.30. The molecule has 96 valence electrons. The first-order chi connectivity index (χ1) is 8.07. The monoisotopic (exact) mass is 237 g/mol. The van der Waals surface area contributed by atoms with Crippen LogP contribution in [-0.2, 0) is 18.2 Å². The number of nitrogens with one attached hydrogen (secondary N) is 1. The van der Waals surface area contributed by atoms with Crippen LogP contribution in [0.2, 0.25) is 0 Å². The summed E-state index contributed by atoms with van der Waals surface area (Å²) in [5.74, 6) is 1.13. The van der Waals surface area contributed by atoms with Gasteiger partial charge in [0.1, 0.15) is 5.82 Å². The van der Waals surface area contributed by atoms with E-state index in [1.807, 2.05) is 19.4 Å². The molecule has 1 N–H and O–H groups in total. The highest BCUT2D eigenvalue weighted by Gasteiger charge is 2.30. The zero-order valence-electron chi connectivity index (χ0n) is 11.1. The van der Waals surface area contributed by atoms with Crippen LogP contribution < -0.4 is 5.32 Å². The molecule has 0 saturated carbocycles. The van der Waals surface area contributed by atoms with Crippen LogP contribution in [0, 0.1) is 0 Å². The molecule has 0 spiro atoms. The largest absolute Gasteiger partial charge is 0.371 e. The standard InChI is InChI=1S/C13H23N3O/c1-13(2)6-4-11(17-13)10-14-7-5-12-15-8-9-16(12)3/h8-9,11,14H,4-7,10H2,1-3H3. The summed E-state index contributed by atoms with van der Waals surface area (Å²) in [5.41, 5.74) is 0.0754. The molecule has 1 atom stereocenters. The lowest BCUT2D eigenvalue weighted by Crippen LogP contribution is -2.30. The predicted molar refractivity (Wildman–Crippen MR) is 68.0 cm³/mol. The Balaban J connectivity index is 1.63. The zero-order valence-corrected chi connectivity index (χ0v) is 11.1. The van der Waals surface area contributed by atoms with Gasteiger partial charge in [-0.2, -0.15) is 0 Å². The minimum atomic E-state index is 0.0754. The van der Waals surface area contributed by atoms with Gasteiger partial charge in [0.2, 0.25) is 0 Å². The van der Waals surface area contributed by atoms with Crippen molar-refractivity contribution in [1.29, 1.82) is 0 Å². The molecule has 4 nitrogen and oxygen atoms in total. The van der Waals surface area contributed by atoms with Gasteiger partial charge < -0.3 is 14.6 Å². The maximum atomic E-state index is 5.93. The van der Waals surface area contributed by atoms with Gasteiger partial charge in [0, 0.05) is 39.0 Å². The number of aromatic nitrogens is 2. The quantitative estimate of drug-likeness (QED) is 0.789.